The first kappa shape index (κ1) is 9.86. The first-order chi connectivity index (χ1) is 6.07. The number of nitrogens with zero attached hydrogens (tertiary/aromatic N) is 2. The van der Waals surface area contributed by atoms with E-state index in [0.717, 1.165) is 6.20 Å². The minimum absolute atomic E-state index is 0.0148. The number of aromatic hydroxyl groups is 1. The van der Waals surface area contributed by atoms with Gasteiger partial charge in [0.25, 0.3) is 6.43 Å². The molecule has 6 heteroatoms. The minimum Gasteiger partial charge on any atom is -0.504 e. The van der Waals surface area contributed by atoms with Crippen LogP contribution < -0.4 is 0 Å². The molecule has 0 atom stereocenters. The van der Waals surface area contributed by atoms with Crippen LogP contribution in [0.1, 0.15) is 17.7 Å². The smallest absolute Gasteiger partial charge is 0.268 e. The van der Waals surface area contributed by atoms with E-state index in [1.165, 1.54) is 6.07 Å². The predicted octanol–water partition coefficient (Wildman–Crippen LogP) is 2.36. The molecule has 0 radical (unpaired) electrons. The highest BCUT2D eigenvalue weighted by Gasteiger charge is 2.20. The van der Waals surface area contributed by atoms with E-state index in [4.69, 9.17) is 10.4 Å². The Morgan fingerprint density at radius 2 is 2.23 bits per heavy atom. The van der Waals surface area contributed by atoms with Crippen LogP contribution in [0.3, 0.4) is 0 Å². The topological polar surface area (TPSA) is 56.9 Å². The molecule has 1 aromatic heterocycles. The summed E-state index contributed by atoms with van der Waals surface area (Å²) < 4.78 is 24.5. The van der Waals surface area contributed by atoms with Gasteiger partial charge >= 0.3 is 0 Å². The molecule has 0 fully saturated rings. The van der Waals surface area contributed by atoms with E-state index in [9.17, 15) is 8.78 Å². The van der Waals surface area contributed by atoms with Crippen molar-refractivity contribution in [1.29, 1.82) is 5.26 Å². The van der Waals surface area contributed by atoms with Gasteiger partial charge in [0.05, 0.1) is 5.56 Å². The van der Waals surface area contributed by atoms with Crippen molar-refractivity contribution in [3.63, 3.8) is 0 Å². The second-order valence-electron chi connectivity index (χ2n) is 2.13. The van der Waals surface area contributed by atoms with Crippen LogP contribution in [0.5, 0.6) is 5.75 Å². The summed E-state index contributed by atoms with van der Waals surface area (Å²) in [7, 11) is 0. The van der Waals surface area contributed by atoms with Crippen molar-refractivity contribution in [2.45, 2.75) is 6.43 Å². The van der Waals surface area contributed by atoms with Crippen molar-refractivity contribution in [2.24, 2.45) is 0 Å². The number of hydrogen-bond donors (Lipinski definition) is 1. The van der Waals surface area contributed by atoms with Crippen LogP contribution in [-0.4, -0.2) is 10.1 Å². The van der Waals surface area contributed by atoms with Crippen LogP contribution >= 0.6 is 15.9 Å². The number of alkyl halides is 2. The van der Waals surface area contributed by atoms with Gasteiger partial charge in [-0.05, 0) is 15.9 Å². The standard InChI is InChI=1S/C7H3BrF2N2O/c8-3-2-12-4(1-11)6(13)5(3)7(9)10/h2,7,13H. The van der Waals surface area contributed by atoms with Gasteiger partial charge in [-0.2, -0.15) is 5.26 Å². The third kappa shape index (κ3) is 1.75. The zero-order valence-corrected chi connectivity index (χ0v) is 7.72. The molecule has 1 heterocycles. The monoisotopic (exact) mass is 248 g/mol. The molecule has 0 spiro atoms. The molecule has 0 aromatic carbocycles. The summed E-state index contributed by atoms with van der Waals surface area (Å²) in [5.41, 5.74) is -1.01. The molecule has 1 N–H and O–H groups in total. The largest absolute Gasteiger partial charge is 0.504 e. The van der Waals surface area contributed by atoms with Gasteiger partial charge < -0.3 is 5.11 Å². The fraction of sp³-hybridized carbons (Fsp3) is 0.143. The molecule has 0 aliphatic rings. The lowest BCUT2D eigenvalue weighted by Crippen LogP contribution is -1.93. The molecule has 1 aromatic rings. The van der Waals surface area contributed by atoms with E-state index in [-0.39, 0.29) is 4.47 Å². The molecule has 0 aliphatic carbocycles. The predicted molar refractivity (Wildman–Crippen MR) is 43.3 cm³/mol. The van der Waals surface area contributed by atoms with Gasteiger partial charge in [0.1, 0.15) is 6.07 Å². The summed E-state index contributed by atoms with van der Waals surface area (Å²) in [6.07, 6.45) is -1.79. The highest BCUT2D eigenvalue weighted by Crippen LogP contribution is 2.35. The summed E-state index contributed by atoms with van der Waals surface area (Å²) in [5.74, 6) is -0.771. The lowest BCUT2D eigenvalue weighted by atomic mass is 10.2. The van der Waals surface area contributed by atoms with Crippen molar-refractivity contribution >= 4 is 15.9 Å². The Labute approximate surface area is 80.8 Å². The molecule has 0 aliphatic heterocycles. The Morgan fingerprint density at radius 1 is 1.62 bits per heavy atom. The third-order valence-electron chi connectivity index (χ3n) is 1.37. The van der Waals surface area contributed by atoms with Gasteiger partial charge in [-0.1, -0.05) is 0 Å². The zero-order valence-electron chi connectivity index (χ0n) is 6.13. The maximum Gasteiger partial charge on any atom is 0.268 e. The molecule has 13 heavy (non-hydrogen) atoms. The van der Waals surface area contributed by atoms with Crippen molar-refractivity contribution in [1.82, 2.24) is 4.98 Å². The van der Waals surface area contributed by atoms with Gasteiger partial charge in [-0.25, -0.2) is 13.8 Å². The second kappa shape index (κ2) is 3.66. The summed E-state index contributed by atoms with van der Waals surface area (Å²) in [5, 5.41) is 17.5. The third-order valence-corrected chi connectivity index (χ3v) is 2.00. The Bertz CT molecular complexity index is 375. The maximum absolute atomic E-state index is 12.3. The Kier molecular flexibility index (Phi) is 2.78. The Morgan fingerprint density at radius 3 is 2.69 bits per heavy atom. The van der Waals surface area contributed by atoms with Crippen molar-refractivity contribution in [3.05, 3.63) is 21.9 Å². The number of rotatable bonds is 1. The first-order valence-corrected chi connectivity index (χ1v) is 3.92. The molecule has 0 saturated carbocycles. The van der Waals surface area contributed by atoms with Crippen LogP contribution in [0, 0.1) is 11.3 Å². The second-order valence-corrected chi connectivity index (χ2v) is 2.98. The minimum atomic E-state index is -2.84. The fourth-order valence-corrected chi connectivity index (χ4v) is 1.25. The fourth-order valence-electron chi connectivity index (χ4n) is 0.782. The molecule has 0 unspecified atom stereocenters. The summed E-state index contributed by atoms with van der Waals surface area (Å²) in [4.78, 5) is 3.45. The highest BCUT2D eigenvalue weighted by molar-refractivity contribution is 9.10. The molecule has 0 saturated heterocycles. The van der Waals surface area contributed by atoms with Crippen molar-refractivity contribution in [3.8, 4) is 11.8 Å². The lowest BCUT2D eigenvalue weighted by molar-refractivity contribution is 0.146. The highest BCUT2D eigenvalue weighted by atomic mass is 79.9. The van der Waals surface area contributed by atoms with Gasteiger partial charge in [0.2, 0.25) is 0 Å². The Balaban J connectivity index is 3.41. The number of aromatic nitrogens is 1. The van der Waals surface area contributed by atoms with E-state index < -0.39 is 23.4 Å². The average molecular weight is 249 g/mol. The quantitative estimate of drug-likeness (QED) is 0.830. The van der Waals surface area contributed by atoms with Crippen molar-refractivity contribution in [2.75, 3.05) is 0 Å². The van der Waals surface area contributed by atoms with Gasteiger partial charge in [-0.3, -0.25) is 0 Å². The molecule has 0 amide bonds. The van der Waals surface area contributed by atoms with Gasteiger partial charge in [0, 0.05) is 10.7 Å². The van der Waals surface area contributed by atoms with Crippen LogP contribution in [0.15, 0.2) is 10.7 Å². The molecule has 3 nitrogen and oxygen atoms in total. The SMILES string of the molecule is N#Cc1ncc(Br)c(C(F)F)c1O. The number of hydrogen-bond acceptors (Lipinski definition) is 3. The first-order valence-electron chi connectivity index (χ1n) is 3.13. The maximum atomic E-state index is 12.3. The van der Waals surface area contributed by atoms with Crippen LogP contribution in [0.25, 0.3) is 0 Å². The van der Waals surface area contributed by atoms with E-state index in [2.05, 4.69) is 20.9 Å². The Hall–Kier alpha value is -1.22. The van der Waals surface area contributed by atoms with E-state index in [1.807, 2.05) is 0 Å². The van der Waals surface area contributed by atoms with Gasteiger partial charge in [0.15, 0.2) is 11.4 Å². The van der Waals surface area contributed by atoms with E-state index >= 15 is 0 Å². The molecular weight excluding hydrogens is 246 g/mol. The van der Waals surface area contributed by atoms with E-state index in [1.54, 1.807) is 0 Å². The van der Waals surface area contributed by atoms with Crippen LogP contribution in [0.2, 0.25) is 0 Å². The van der Waals surface area contributed by atoms with Crippen molar-refractivity contribution < 1.29 is 13.9 Å². The average Bonchev–Trinajstić information content (AvgIpc) is 2.04. The number of halogens is 3. The van der Waals surface area contributed by atoms with E-state index in [0.29, 0.717) is 0 Å². The molecule has 1 rings (SSSR count). The van der Waals surface area contributed by atoms with Crippen LogP contribution in [0.4, 0.5) is 8.78 Å². The molecular formula is C7H3BrF2N2O. The van der Waals surface area contributed by atoms with Crippen LogP contribution in [-0.2, 0) is 0 Å². The number of nitriles is 1. The lowest BCUT2D eigenvalue weighted by Gasteiger charge is -2.05. The number of pyridine rings is 1. The molecule has 0 bridgehead atoms. The normalized spacial score (nSPS) is 10.1. The zero-order chi connectivity index (χ0) is 10.0. The summed E-state index contributed by atoms with van der Waals surface area (Å²) in [6, 6.07) is 1.50. The molecule has 68 valence electrons. The summed E-state index contributed by atoms with van der Waals surface area (Å²) in [6.45, 7) is 0. The van der Waals surface area contributed by atoms with Gasteiger partial charge in [-0.15, -0.1) is 0 Å². The summed E-state index contributed by atoms with van der Waals surface area (Å²) >= 11 is 2.80.